The number of ether oxygens (including phenoxy) is 4. The van der Waals surface area contributed by atoms with Gasteiger partial charge in [-0.25, -0.2) is 4.18 Å². The third-order valence-corrected chi connectivity index (χ3v) is 23.1. The Bertz CT molecular complexity index is 2840. The molecule has 23 heteroatoms. The second-order valence-electron chi connectivity index (χ2n) is 30.2. The highest BCUT2D eigenvalue weighted by Gasteiger charge is 2.60. The minimum atomic E-state index is -4.38. The maximum absolute atomic E-state index is 12.6. The topological polar surface area (TPSA) is 383 Å². The molecule has 3 saturated carbocycles. The van der Waals surface area contributed by atoms with Gasteiger partial charge in [-0.1, -0.05) is 164 Å². The van der Waals surface area contributed by atoms with E-state index in [-0.39, 0.29) is 37.0 Å². The first kappa shape index (κ1) is 82.1. The van der Waals surface area contributed by atoms with E-state index >= 15 is 0 Å². The van der Waals surface area contributed by atoms with E-state index in [4.69, 9.17) is 33.4 Å². The molecule has 0 unspecified atom stereocenters. The van der Waals surface area contributed by atoms with Gasteiger partial charge in [-0.15, -0.1) is 0 Å². The first-order chi connectivity index (χ1) is 45.6. The average Bonchev–Trinajstić information content (AvgIpc) is 1.68. The normalized spacial score (nSPS) is 44.6. The number of carboxylic acids is 1. The molecule has 2 saturated heterocycles. The van der Waals surface area contributed by atoms with Crippen LogP contribution in [0.5, 0.6) is 0 Å². The molecule has 2 bridgehead atoms. The maximum Gasteiger partial charge on any atom is 0.397 e. The zero-order valence-electron chi connectivity index (χ0n) is 58.6. The molecule has 14 N–H and O–H groups in total. The Hall–Kier alpha value is -3.83. The number of aliphatic carboxylic acids is 1. The van der Waals surface area contributed by atoms with Gasteiger partial charge in [0.2, 0.25) is 0 Å². The van der Waals surface area contributed by atoms with Gasteiger partial charge in [0.1, 0.15) is 18.1 Å². The van der Waals surface area contributed by atoms with Gasteiger partial charge in [-0.2, -0.15) is 8.42 Å². The summed E-state index contributed by atoms with van der Waals surface area (Å²) in [5.74, 6) is -1.99. The molecular weight excluding hydrogens is 1270 g/mol. The average molecular weight is 1390 g/mol. The number of hydrogen-bond donors (Lipinski definition) is 13. The second-order valence-corrected chi connectivity index (χ2v) is 31.3. The lowest BCUT2D eigenvalue weighted by Crippen LogP contribution is -2.61. The van der Waals surface area contributed by atoms with Gasteiger partial charge in [-0.05, 0) is 131 Å². The molecule has 0 aromatic heterocycles. The van der Waals surface area contributed by atoms with Crippen LogP contribution in [0.25, 0.3) is 0 Å². The summed E-state index contributed by atoms with van der Waals surface area (Å²) in [6.45, 7) is 19.0. The molecule has 27 atom stereocenters. The van der Waals surface area contributed by atoms with Crippen LogP contribution >= 0.6 is 0 Å². The predicted molar refractivity (Wildman–Crippen MR) is 366 cm³/mol. The summed E-state index contributed by atoms with van der Waals surface area (Å²) in [5, 5.41) is 118. The molecule has 3 heterocycles. The van der Waals surface area contributed by atoms with E-state index in [1.165, 1.54) is 63.5 Å². The molecule has 97 heavy (non-hydrogen) atoms. The molecule has 0 spiro atoms. The van der Waals surface area contributed by atoms with Gasteiger partial charge in [0, 0.05) is 37.5 Å². The molecule has 4 aliphatic carbocycles. The first-order valence-electron chi connectivity index (χ1n) is 35.6. The van der Waals surface area contributed by atoms with Crippen molar-refractivity contribution in [2.75, 3.05) is 0 Å². The van der Waals surface area contributed by atoms with E-state index < -0.39 is 163 Å². The highest BCUT2D eigenvalue weighted by Crippen LogP contribution is 2.67. The molecule has 0 radical (unpaired) electrons. The summed E-state index contributed by atoms with van der Waals surface area (Å²) in [7, 11) is -4.38. The molecule has 7 rings (SSSR count). The molecule has 7 aliphatic rings. The zero-order valence-corrected chi connectivity index (χ0v) is 59.4. The number of carbonyl (C=O) groups is 2. The number of carboxylic acid groups (broad SMARTS) is 1. The van der Waals surface area contributed by atoms with Gasteiger partial charge >= 0.3 is 22.3 Å². The molecule has 0 amide bonds. The van der Waals surface area contributed by atoms with Crippen molar-refractivity contribution in [3.8, 4) is 0 Å². The third kappa shape index (κ3) is 23.6. The van der Waals surface area contributed by atoms with Crippen LogP contribution in [0.1, 0.15) is 184 Å². The minimum absolute atomic E-state index is 0.107. The maximum atomic E-state index is 12.6. The molecule has 552 valence electrons. The zero-order chi connectivity index (χ0) is 71.7. The lowest BCUT2D eigenvalue weighted by molar-refractivity contribution is -0.308. The Balaban J connectivity index is 0.000000384. The lowest BCUT2D eigenvalue weighted by Gasteiger charge is -2.58. The van der Waals surface area contributed by atoms with Crippen molar-refractivity contribution in [3.05, 3.63) is 96.7 Å². The van der Waals surface area contributed by atoms with E-state index in [0.29, 0.717) is 24.2 Å². The number of nitrogens with two attached hydrogens (primary N) is 1. The van der Waals surface area contributed by atoms with Crippen LogP contribution in [0.3, 0.4) is 0 Å². The third-order valence-electron chi connectivity index (χ3n) is 22.5. The quantitative estimate of drug-likeness (QED) is 0.0561. The Morgan fingerprint density at radius 3 is 1.93 bits per heavy atom. The molecule has 22 nitrogen and oxygen atoms in total. The van der Waals surface area contributed by atoms with E-state index in [1.807, 2.05) is 19.1 Å². The summed E-state index contributed by atoms with van der Waals surface area (Å²) in [4.78, 5) is 25.1. The van der Waals surface area contributed by atoms with Crippen molar-refractivity contribution in [1.82, 2.24) is 0 Å². The summed E-state index contributed by atoms with van der Waals surface area (Å²) in [6.07, 6.45) is 18.5. The molecule has 0 aromatic carbocycles. The van der Waals surface area contributed by atoms with E-state index in [0.717, 1.165) is 42.4 Å². The Morgan fingerprint density at radius 2 is 1.31 bits per heavy atom. The van der Waals surface area contributed by atoms with Gasteiger partial charge in [0.25, 0.3) is 0 Å². The van der Waals surface area contributed by atoms with Crippen LogP contribution in [0.15, 0.2) is 96.7 Å². The fourth-order valence-corrected chi connectivity index (χ4v) is 17.4. The summed E-state index contributed by atoms with van der Waals surface area (Å²) in [6, 6.07) is -1.15. The number of fused-ring (bicyclic) bond motifs is 7. The van der Waals surface area contributed by atoms with Crippen LogP contribution in [0.4, 0.5) is 0 Å². The van der Waals surface area contributed by atoms with E-state index in [1.54, 1.807) is 80.7 Å². The monoisotopic (exact) mass is 1390 g/mol. The number of rotatable bonds is 10. The van der Waals surface area contributed by atoms with Crippen LogP contribution in [-0.4, -0.2) is 185 Å². The van der Waals surface area contributed by atoms with Gasteiger partial charge in [-0.3, -0.25) is 14.1 Å². The SMILES string of the molecule is CC(C)CCC[C@@H](C)[C@H]1CC[C@H]2[C@@H]3CC=C4C[C@@H](OS(=O)(=O)O)CC[C@]4(C)[C@H]3CC[C@]12C.C[C@@H]1[C@H](O)[C@@H](C)/C=C/C=C/C=C/C=C/C=C\C=C\C=C\[C@H](O[C@@H]2O[C@H](C)[C@@H](O)[C@H](N)[C@@H]2O)C[C@@H]2O[C@](O)(C[C@@H](O)C[C@@H](O)[C@H](O)CC[C@@H](O)C[C@@H](O)CC(=O)O[C@H]1C)C[C@H](O)[C@H]2C(=O)O. The molecule has 5 fully saturated rings. The molecular formula is C74H119NO21S. The van der Waals surface area contributed by atoms with E-state index in [9.17, 15) is 74.2 Å². The number of allylic oxidation sites excluding steroid dienone is 13. The lowest BCUT2D eigenvalue weighted by atomic mass is 9.47. The van der Waals surface area contributed by atoms with Crippen molar-refractivity contribution in [3.63, 3.8) is 0 Å². The summed E-state index contributed by atoms with van der Waals surface area (Å²) >= 11 is 0. The number of cyclic esters (lactones) is 1. The van der Waals surface area contributed by atoms with Crippen molar-refractivity contribution in [2.45, 2.75) is 288 Å². The van der Waals surface area contributed by atoms with Gasteiger partial charge in [0.05, 0.1) is 85.7 Å². The summed E-state index contributed by atoms with van der Waals surface area (Å²) < 4.78 is 59.7. The summed E-state index contributed by atoms with van der Waals surface area (Å²) in [5.41, 5.74) is 8.07. The number of aliphatic hydroxyl groups excluding tert-OH is 9. The Kier molecular flexibility index (Phi) is 31.6. The van der Waals surface area contributed by atoms with Gasteiger partial charge in [0.15, 0.2) is 12.1 Å². The fourth-order valence-electron chi connectivity index (χ4n) is 16.9. The van der Waals surface area contributed by atoms with Crippen molar-refractivity contribution < 1.29 is 102 Å². The second kappa shape index (κ2) is 37.4. The standard InChI is InChI=1S/C47H73NO17.C27H46O4S/c1-27-17-15-13-11-9-7-5-6-8-10-12-14-16-18-34(64-46-44(58)41(48)43(57)30(4)63-46)24-38-40(45(59)60)37(54)26-47(61,65-38)25-33(51)22-36(53)35(52)20-19-31(49)21-32(50)23-39(55)62-29(3)28(2)42(27)56;1-18(2)7-6-8-19(3)23-11-12-24-22-10-9-20-17-21(31-32(28,29)30)13-15-26(20,4)25(22)14-16-27(23,24)5/h5-18,27-38,40-44,46,49-54,56-58,61H,19-26,48H2,1-4H3,(H,59,60);9,18-19,21-25H,6-8,10-17H2,1-5H3,(H,28,29,30)/b6-5+,9-7+,10-8-,13-11+,14-12+,17-15+,18-16+;/t27-,28-,29-,30+,31+,32+,33-,34-,35+,36+,37-,38-,40+,41-,42+,43+,44-,46-,47+;19-,21+,22+,23-,24+,25+,26+,27-/m01/s1. The first-order valence-corrected chi connectivity index (χ1v) is 37.0. The number of esters is 1. The van der Waals surface area contributed by atoms with E-state index in [2.05, 4.69) is 40.7 Å². The van der Waals surface area contributed by atoms with Crippen LogP contribution in [0, 0.1) is 64.1 Å². The van der Waals surface area contributed by atoms with Crippen molar-refractivity contribution in [2.24, 2.45) is 69.8 Å². The van der Waals surface area contributed by atoms with Crippen LogP contribution in [-0.2, 0) is 43.1 Å². The van der Waals surface area contributed by atoms with Crippen LogP contribution < -0.4 is 5.73 Å². The number of hydrogen-bond acceptors (Lipinski definition) is 20. The van der Waals surface area contributed by atoms with Crippen LogP contribution in [0.2, 0.25) is 0 Å². The highest BCUT2D eigenvalue weighted by molar-refractivity contribution is 7.80. The molecule has 3 aliphatic heterocycles. The number of carbonyl (C=O) groups excluding carboxylic acids is 1. The molecule has 0 aromatic rings. The number of aliphatic hydroxyl groups is 10. The smallest absolute Gasteiger partial charge is 0.397 e. The Labute approximate surface area is 576 Å². The fraction of sp³-hybridized carbons (Fsp3) is 0.757. The van der Waals surface area contributed by atoms with Crippen molar-refractivity contribution in [1.29, 1.82) is 0 Å². The Morgan fingerprint density at radius 1 is 0.680 bits per heavy atom. The van der Waals surface area contributed by atoms with Crippen molar-refractivity contribution >= 4 is 22.3 Å². The minimum Gasteiger partial charge on any atom is -0.481 e. The largest absolute Gasteiger partial charge is 0.481 e. The predicted octanol–water partition coefficient (Wildman–Crippen LogP) is 7.93. The van der Waals surface area contributed by atoms with Gasteiger partial charge < -0.3 is 80.9 Å². The highest BCUT2D eigenvalue weighted by atomic mass is 32.3.